The topological polar surface area (TPSA) is 495 Å². The van der Waals surface area contributed by atoms with E-state index in [0.717, 1.165) is 21.4 Å². The second-order valence-corrected chi connectivity index (χ2v) is 35.9. The SMILES string of the molecule is CC(C)C[C@H](NC(=O)C[C@H](O)[C@H](CC(C)C)NC(=O)[C@H](Cc1c[nH]cn1)NC(=O)CN(C)C(=O)[C@@H](NC(=O)[C@H](C)NC(=O)[C@H](Cc1c[nH]c2ccccc12)NC(=O)[C@H](CCC(N)=O)NC(=O)CCCCNC(=O)[C@H](CCCNC(=N)N)NC(=O)Cc1ccc([SiH](C(C)(C)C)C(C)(C)C)cc1)C(C)C)C(N)=O. The van der Waals surface area contributed by atoms with Gasteiger partial charge in [0.1, 0.15) is 42.3 Å². The molecule has 2 aromatic carbocycles. The summed E-state index contributed by atoms with van der Waals surface area (Å²) in [6.45, 7) is 25.5. The Morgan fingerprint density at radius 2 is 1.18 bits per heavy atom. The van der Waals surface area contributed by atoms with Crippen LogP contribution < -0.4 is 75.6 Å². The number of fused-ring (bicyclic) bond motifs is 1. The highest BCUT2D eigenvalue weighted by Gasteiger charge is 2.39. The van der Waals surface area contributed by atoms with Crippen molar-refractivity contribution in [1.29, 1.82) is 5.41 Å². The number of aliphatic hydroxyl groups excluding tert-OH is 1. The molecule has 0 radical (unpaired) electrons. The number of aliphatic hydroxyl groups is 1. The summed E-state index contributed by atoms with van der Waals surface area (Å²) >= 11 is 0. The van der Waals surface area contributed by atoms with Crippen LogP contribution in [-0.4, -0.2) is 192 Å². The van der Waals surface area contributed by atoms with Crippen molar-refractivity contribution >= 4 is 102 Å². The van der Waals surface area contributed by atoms with Gasteiger partial charge in [0.25, 0.3) is 0 Å². The number of rotatable bonds is 44. The van der Waals surface area contributed by atoms with Crippen LogP contribution in [0.5, 0.6) is 0 Å². The van der Waals surface area contributed by atoms with Crippen molar-refractivity contribution in [3.8, 4) is 0 Å². The summed E-state index contributed by atoms with van der Waals surface area (Å²) in [6.07, 6.45) is 3.37. The average molecular weight is 1500 g/mol. The maximum absolute atomic E-state index is 14.5. The van der Waals surface area contributed by atoms with Gasteiger partial charge in [0.05, 0.1) is 52.4 Å². The predicted molar refractivity (Wildman–Crippen MR) is 407 cm³/mol. The van der Waals surface area contributed by atoms with E-state index in [9.17, 15) is 62.6 Å². The third kappa shape index (κ3) is 30.8. The van der Waals surface area contributed by atoms with Crippen LogP contribution >= 0.6 is 0 Å². The molecule has 31 nitrogen and oxygen atoms in total. The van der Waals surface area contributed by atoms with Crippen molar-refractivity contribution < 1.29 is 62.6 Å². The van der Waals surface area contributed by atoms with E-state index in [2.05, 4.69) is 122 Å². The molecule has 0 saturated carbocycles. The lowest BCUT2D eigenvalue weighted by Gasteiger charge is -2.39. The quantitative estimate of drug-likeness (QED) is 0.0128. The number of hydrogen-bond donors (Lipinski definition) is 17. The zero-order chi connectivity index (χ0) is 79.3. The van der Waals surface area contributed by atoms with Gasteiger partial charge < -0.3 is 90.3 Å². The lowest BCUT2D eigenvalue weighted by molar-refractivity contribution is -0.140. The van der Waals surface area contributed by atoms with Gasteiger partial charge in [-0.05, 0) is 96.9 Å². The third-order valence-corrected chi connectivity index (χ3v) is 22.4. The van der Waals surface area contributed by atoms with E-state index in [-0.39, 0.29) is 105 Å². The summed E-state index contributed by atoms with van der Waals surface area (Å²) < 4.78 is 0. The first-order valence-electron chi connectivity index (χ1n) is 36.5. The molecule has 4 aromatic rings. The second-order valence-electron chi connectivity index (χ2n) is 30.9. The molecule has 0 fully saturated rings. The fraction of sp³-hybridized carbons (Fsp3) is 0.595. The van der Waals surface area contributed by atoms with Crippen molar-refractivity contribution in [2.45, 2.75) is 238 Å². The number of benzene rings is 2. The molecule has 32 heteroatoms. The molecule has 0 saturated heterocycles. The van der Waals surface area contributed by atoms with Crippen LogP contribution in [-0.2, 0) is 76.8 Å². The van der Waals surface area contributed by atoms with Gasteiger partial charge in [0.2, 0.25) is 70.9 Å². The van der Waals surface area contributed by atoms with Crippen LogP contribution in [0.2, 0.25) is 10.1 Å². The van der Waals surface area contributed by atoms with Crippen LogP contribution in [0.15, 0.2) is 67.3 Å². The van der Waals surface area contributed by atoms with E-state index in [0.29, 0.717) is 30.6 Å². The number of carbonyl (C=O) groups excluding carboxylic acids is 12. The largest absolute Gasteiger partial charge is 0.390 e. The minimum atomic E-state index is -1.47. The molecule has 106 heavy (non-hydrogen) atoms. The first-order chi connectivity index (χ1) is 49.6. The van der Waals surface area contributed by atoms with Crippen LogP contribution in [0.25, 0.3) is 10.9 Å². The maximum atomic E-state index is 14.5. The van der Waals surface area contributed by atoms with E-state index in [1.807, 2.05) is 52.0 Å². The third-order valence-electron chi connectivity index (χ3n) is 17.9. The van der Waals surface area contributed by atoms with Gasteiger partial charge in [-0.25, -0.2) is 4.98 Å². The van der Waals surface area contributed by atoms with Gasteiger partial charge >= 0.3 is 0 Å². The number of primary amides is 2. The Morgan fingerprint density at radius 1 is 0.594 bits per heavy atom. The Kier molecular flexibility index (Phi) is 35.5. The van der Waals surface area contributed by atoms with Crippen molar-refractivity contribution in [3.05, 3.63) is 84.1 Å². The van der Waals surface area contributed by atoms with Crippen LogP contribution in [0, 0.1) is 23.2 Å². The number of likely N-dealkylation sites (N-methyl/N-ethyl adjacent to an activating group) is 1. The van der Waals surface area contributed by atoms with E-state index < -0.39 is 147 Å². The number of para-hydroxylation sites is 1. The Morgan fingerprint density at radius 3 is 1.77 bits per heavy atom. The first-order valence-corrected chi connectivity index (χ1v) is 38.2. The highest BCUT2D eigenvalue weighted by molar-refractivity contribution is 6.78. The summed E-state index contributed by atoms with van der Waals surface area (Å²) in [6, 6.07) is 5.74. The minimum absolute atomic E-state index is 0.0197. The van der Waals surface area contributed by atoms with Gasteiger partial charge in [0, 0.05) is 69.1 Å². The number of H-pyrrole nitrogens is 2. The molecule has 2 aromatic heterocycles. The molecule has 0 aliphatic heterocycles. The number of unbranched alkanes of at least 4 members (excludes halogenated alkanes) is 1. The van der Waals surface area contributed by atoms with Gasteiger partial charge in [-0.2, -0.15) is 0 Å². The number of amides is 12. The van der Waals surface area contributed by atoms with Crippen molar-refractivity contribution in [2.24, 2.45) is 35.0 Å². The summed E-state index contributed by atoms with van der Waals surface area (Å²) in [7, 11) is -0.154. The normalized spacial score (nSPS) is 14.3. The lowest BCUT2D eigenvalue weighted by Crippen LogP contribution is -2.59. The number of guanidine groups is 1. The number of carbonyl (C=O) groups is 12. The monoisotopic (exact) mass is 1490 g/mol. The van der Waals surface area contributed by atoms with Gasteiger partial charge in [-0.15, -0.1) is 0 Å². The zero-order valence-electron chi connectivity index (χ0n) is 64.1. The van der Waals surface area contributed by atoms with E-state index in [1.165, 1.54) is 31.7 Å². The minimum Gasteiger partial charge on any atom is -0.390 e. The lowest BCUT2D eigenvalue weighted by atomic mass is 9.96. The molecular weight excluding hydrogens is 1380 g/mol. The first kappa shape index (κ1) is 88.7. The predicted octanol–water partition coefficient (Wildman–Crippen LogP) is 1.11. The number of nitrogens with one attached hydrogen (secondary N) is 13. The fourth-order valence-electron chi connectivity index (χ4n) is 13.1. The molecule has 0 spiro atoms. The van der Waals surface area contributed by atoms with E-state index in [1.54, 1.807) is 32.2 Å². The summed E-state index contributed by atoms with van der Waals surface area (Å²) in [5.74, 6) is -9.20. The molecule has 0 aliphatic carbocycles. The molecule has 9 atom stereocenters. The number of nitrogens with two attached hydrogens (primary N) is 3. The maximum Gasteiger partial charge on any atom is 0.245 e. The molecule has 0 aliphatic rings. The summed E-state index contributed by atoms with van der Waals surface area (Å²) in [5, 5.41) is 48.2. The molecule has 12 amide bonds. The highest BCUT2D eigenvalue weighted by Crippen LogP contribution is 2.41. The van der Waals surface area contributed by atoms with Gasteiger partial charge in [-0.3, -0.25) is 62.9 Å². The Labute approximate surface area is 623 Å². The smallest absolute Gasteiger partial charge is 0.245 e. The molecule has 586 valence electrons. The number of hydrogen-bond acceptors (Lipinski definition) is 15. The molecule has 4 rings (SSSR count). The molecular formula is C74H118N18O13Si. The van der Waals surface area contributed by atoms with Crippen LogP contribution in [0.3, 0.4) is 0 Å². The van der Waals surface area contributed by atoms with Crippen molar-refractivity contribution in [2.75, 3.05) is 26.7 Å². The van der Waals surface area contributed by atoms with Gasteiger partial charge in [-0.1, -0.05) is 131 Å². The standard InChI is InChI=1S/C74H118N18O13Si/c1-42(2)32-54(58(93)37-62(97)87-55(65(76)99)33-43(3)4)89-70(104)57(36-48-39-79-41-83-48)88-63(98)40-92(14)71(105)64(44(5)6)91-66(100)45(7)84-69(103)56(35-47-38-82-51-21-16-15-20-50(47)51)90-68(102)53(28-29-59(75)94)85-60(95)23-17-18-30-80-67(101)52(22-19-31-81-72(77)78)86-61(96)34-46-24-26-49(27-25-46)106(73(8,9)10)74(11,12)13/h15-16,20-21,24-27,38-39,41-45,52-58,64,82,93,106H,17-19,22-23,28-37,40H2,1-14H3,(H2,75,94)(H2,76,99)(H,79,83)(H,80,101)(H,84,103)(H,85,95)(H,86,96)(H,87,97)(H,88,98)(H,89,104)(H,90,102)(H,91,100)(H4,77,78,81)/t45-,52-,53-,54-,55-,56-,57-,58-,64-/m0/s1. The molecule has 2 heterocycles. The van der Waals surface area contributed by atoms with Crippen LogP contribution in [0.4, 0.5) is 0 Å². The Hall–Kier alpha value is -9.72. The highest BCUT2D eigenvalue weighted by atomic mass is 28.3. The fourth-order valence-corrected chi connectivity index (χ4v) is 18.3. The van der Waals surface area contributed by atoms with Crippen molar-refractivity contribution in [1.82, 2.24) is 73.0 Å². The van der Waals surface area contributed by atoms with E-state index >= 15 is 0 Å². The number of imidazole rings is 1. The molecule has 0 bridgehead atoms. The van der Waals surface area contributed by atoms with Crippen LogP contribution in [0.1, 0.15) is 171 Å². The van der Waals surface area contributed by atoms with Crippen molar-refractivity contribution in [3.63, 3.8) is 0 Å². The molecule has 0 unspecified atom stereocenters. The Bertz CT molecular complexity index is 3590. The number of aromatic amines is 2. The number of nitrogens with zero attached hydrogens (tertiary/aromatic N) is 2. The second kappa shape index (κ2) is 42.4. The van der Waals surface area contributed by atoms with Gasteiger partial charge in [0.15, 0.2) is 5.96 Å². The summed E-state index contributed by atoms with van der Waals surface area (Å²) in [4.78, 5) is 174. The zero-order valence-corrected chi connectivity index (χ0v) is 65.3. The average Bonchev–Trinajstić information content (AvgIpc) is 1.53. The Balaban J connectivity index is 1.42. The summed E-state index contributed by atoms with van der Waals surface area (Å²) in [5.41, 5.74) is 19.0. The van der Waals surface area contributed by atoms with E-state index in [4.69, 9.17) is 22.6 Å². The number of aromatic nitrogens is 3. The molecule has 20 N–H and O–H groups in total.